The first kappa shape index (κ1) is 19.1. The van der Waals surface area contributed by atoms with E-state index in [4.69, 9.17) is 4.74 Å². The van der Waals surface area contributed by atoms with E-state index in [9.17, 15) is 14.4 Å². The van der Waals surface area contributed by atoms with Gasteiger partial charge in [-0.15, -0.1) is 11.3 Å². The van der Waals surface area contributed by atoms with Gasteiger partial charge in [-0.25, -0.2) is 9.59 Å². The number of aryl methyl sites for hydroxylation is 1. The van der Waals surface area contributed by atoms with Crippen LogP contribution in [0.15, 0.2) is 35.7 Å². The van der Waals surface area contributed by atoms with Crippen LogP contribution in [0.1, 0.15) is 46.1 Å². The first-order chi connectivity index (χ1) is 13.0. The molecule has 1 aliphatic rings. The van der Waals surface area contributed by atoms with Gasteiger partial charge in [-0.05, 0) is 43.7 Å². The minimum absolute atomic E-state index is 0.301. The van der Waals surface area contributed by atoms with Gasteiger partial charge in [0.1, 0.15) is 0 Å². The molecule has 1 aromatic heterocycles. The van der Waals surface area contributed by atoms with E-state index in [0.717, 1.165) is 36.8 Å². The average molecular weight is 386 g/mol. The maximum atomic E-state index is 12.4. The van der Waals surface area contributed by atoms with E-state index in [2.05, 4.69) is 10.6 Å². The number of thiophene rings is 1. The molecule has 142 valence electrons. The molecular formula is C20H22N2O4S. The van der Waals surface area contributed by atoms with Crippen LogP contribution >= 0.6 is 11.3 Å². The smallest absolute Gasteiger partial charge is 0.340 e. The number of urea groups is 1. The summed E-state index contributed by atoms with van der Waals surface area (Å²) in [5.74, 6) is -1.17. The number of imide groups is 1. The van der Waals surface area contributed by atoms with E-state index < -0.39 is 24.0 Å². The number of benzene rings is 1. The number of carbonyl (C=O) groups is 3. The third-order valence-electron chi connectivity index (χ3n) is 4.47. The van der Waals surface area contributed by atoms with Crippen LogP contribution in [0.4, 0.5) is 4.79 Å². The van der Waals surface area contributed by atoms with Crippen LogP contribution in [-0.2, 0) is 28.9 Å². The minimum atomic E-state index is -1.06. The van der Waals surface area contributed by atoms with E-state index >= 15 is 0 Å². The van der Waals surface area contributed by atoms with Crippen molar-refractivity contribution in [3.05, 3.63) is 57.3 Å². The largest absolute Gasteiger partial charge is 0.449 e. The number of hydrogen-bond acceptors (Lipinski definition) is 5. The molecule has 2 aromatic rings. The summed E-state index contributed by atoms with van der Waals surface area (Å²) >= 11 is 1.57. The molecule has 0 fully saturated rings. The summed E-state index contributed by atoms with van der Waals surface area (Å²) in [7, 11) is 0. The molecule has 0 unspecified atom stereocenters. The number of fused-ring (bicyclic) bond motifs is 1. The van der Waals surface area contributed by atoms with Crippen LogP contribution in [0.25, 0.3) is 0 Å². The summed E-state index contributed by atoms with van der Waals surface area (Å²) in [5.41, 5.74) is 2.51. The molecule has 0 saturated heterocycles. The Bertz CT molecular complexity index is 832. The number of hydrogen-bond donors (Lipinski definition) is 2. The summed E-state index contributed by atoms with van der Waals surface area (Å²) in [6.07, 6.45) is 3.00. The lowest BCUT2D eigenvalue weighted by atomic mass is 9.96. The van der Waals surface area contributed by atoms with E-state index in [1.165, 1.54) is 11.8 Å². The number of ether oxygens (including phenoxy) is 1. The summed E-state index contributed by atoms with van der Waals surface area (Å²) in [6.45, 7) is 1.76. The Kier molecular flexibility index (Phi) is 6.24. The molecule has 3 amide bonds. The molecular weight excluding hydrogens is 364 g/mol. The Labute approximate surface area is 161 Å². The van der Waals surface area contributed by atoms with E-state index in [1.54, 1.807) is 16.7 Å². The maximum Gasteiger partial charge on any atom is 0.340 e. The van der Waals surface area contributed by atoms with Crippen LogP contribution in [0.5, 0.6) is 0 Å². The van der Waals surface area contributed by atoms with Gasteiger partial charge >= 0.3 is 12.0 Å². The average Bonchev–Trinajstić information content (AvgIpc) is 3.11. The van der Waals surface area contributed by atoms with Crippen molar-refractivity contribution in [1.29, 1.82) is 0 Å². The van der Waals surface area contributed by atoms with Gasteiger partial charge in [0.05, 0.1) is 5.56 Å². The van der Waals surface area contributed by atoms with Crippen molar-refractivity contribution in [3.63, 3.8) is 0 Å². The Hall–Kier alpha value is -2.67. The van der Waals surface area contributed by atoms with Gasteiger partial charge in [0.2, 0.25) is 0 Å². The van der Waals surface area contributed by atoms with Crippen LogP contribution < -0.4 is 10.6 Å². The fraction of sp³-hybridized carbons (Fsp3) is 0.350. The summed E-state index contributed by atoms with van der Waals surface area (Å²) in [4.78, 5) is 37.6. The summed E-state index contributed by atoms with van der Waals surface area (Å²) in [5, 5.41) is 6.60. The molecule has 1 aromatic carbocycles. The lowest BCUT2D eigenvalue weighted by molar-refractivity contribution is -0.127. The third kappa shape index (κ3) is 4.95. The van der Waals surface area contributed by atoms with Crippen molar-refractivity contribution >= 4 is 29.2 Å². The van der Waals surface area contributed by atoms with E-state index in [-0.39, 0.29) is 0 Å². The molecule has 1 heterocycles. The molecule has 6 nitrogen and oxygen atoms in total. The van der Waals surface area contributed by atoms with Gasteiger partial charge in [0.25, 0.3) is 5.91 Å². The second kappa shape index (κ2) is 8.81. The molecule has 0 aliphatic heterocycles. The zero-order chi connectivity index (χ0) is 19.2. The summed E-state index contributed by atoms with van der Waals surface area (Å²) in [6, 6.07) is 8.73. The first-order valence-corrected chi connectivity index (χ1v) is 9.85. The fourth-order valence-electron chi connectivity index (χ4n) is 2.98. The molecule has 0 bridgehead atoms. The lowest BCUT2D eigenvalue weighted by Crippen LogP contribution is -2.44. The zero-order valence-corrected chi connectivity index (χ0v) is 15.9. The van der Waals surface area contributed by atoms with Crippen LogP contribution in [0.3, 0.4) is 0 Å². The SMILES string of the molecule is C[C@H](OC(=O)c1csc2c1CCCC2)C(=O)NC(=O)NCc1ccccc1. The second-order valence-electron chi connectivity index (χ2n) is 6.46. The molecule has 2 N–H and O–H groups in total. The molecule has 1 atom stereocenters. The van der Waals surface area contributed by atoms with Crippen LogP contribution in [0.2, 0.25) is 0 Å². The molecule has 0 spiro atoms. The highest BCUT2D eigenvalue weighted by Crippen LogP contribution is 2.30. The van der Waals surface area contributed by atoms with Gasteiger partial charge in [-0.2, -0.15) is 0 Å². The van der Waals surface area contributed by atoms with Crippen LogP contribution in [0, 0.1) is 0 Å². The Morgan fingerprint density at radius 1 is 1.15 bits per heavy atom. The molecule has 7 heteroatoms. The highest BCUT2D eigenvalue weighted by Gasteiger charge is 2.25. The number of rotatable bonds is 5. The molecule has 27 heavy (non-hydrogen) atoms. The predicted molar refractivity (Wildman–Crippen MR) is 103 cm³/mol. The normalized spacial score (nSPS) is 14.0. The molecule has 1 aliphatic carbocycles. The molecule has 0 saturated carbocycles. The van der Waals surface area contributed by atoms with Crippen molar-refractivity contribution in [2.24, 2.45) is 0 Å². The van der Waals surface area contributed by atoms with Crippen molar-refractivity contribution < 1.29 is 19.1 Å². The number of esters is 1. The van der Waals surface area contributed by atoms with Crippen LogP contribution in [-0.4, -0.2) is 24.0 Å². The van der Waals surface area contributed by atoms with Gasteiger partial charge in [-0.1, -0.05) is 30.3 Å². The van der Waals surface area contributed by atoms with Gasteiger partial charge in [0.15, 0.2) is 6.10 Å². The summed E-state index contributed by atoms with van der Waals surface area (Å²) < 4.78 is 5.26. The molecule has 3 rings (SSSR count). The fourth-order valence-corrected chi connectivity index (χ4v) is 4.09. The van der Waals surface area contributed by atoms with Crippen molar-refractivity contribution in [2.75, 3.05) is 0 Å². The van der Waals surface area contributed by atoms with Crippen molar-refractivity contribution in [2.45, 2.75) is 45.3 Å². The third-order valence-corrected chi connectivity index (χ3v) is 5.56. The standard InChI is InChI=1S/C20H22N2O4S/c1-13(18(23)22-20(25)21-11-14-7-3-2-4-8-14)26-19(24)16-12-27-17-10-6-5-9-15(16)17/h2-4,7-8,12-13H,5-6,9-11H2,1H3,(H2,21,22,23,25)/t13-/m0/s1. The topological polar surface area (TPSA) is 84.5 Å². The lowest BCUT2D eigenvalue weighted by Gasteiger charge is -2.15. The quantitative estimate of drug-likeness (QED) is 0.773. The highest BCUT2D eigenvalue weighted by atomic mass is 32.1. The molecule has 0 radical (unpaired) electrons. The Morgan fingerprint density at radius 2 is 1.89 bits per heavy atom. The first-order valence-electron chi connectivity index (χ1n) is 8.97. The Morgan fingerprint density at radius 3 is 2.67 bits per heavy atom. The van der Waals surface area contributed by atoms with Crippen molar-refractivity contribution in [1.82, 2.24) is 10.6 Å². The maximum absolute atomic E-state index is 12.4. The van der Waals surface area contributed by atoms with Gasteiger partial charge < -0.3 is 10.1 Å². The predicted octanol–water partition coefficient (Wildman–Crippen LogP) is 3.20. The second-order valence-corrected chi connectivity index (χ2v) is 7.43. The van der Waals surface area contributed by atoms with Gasteiger partial charge in [-0.3, -0.25) is 10.1 Å². The van der Waals surface area contributed by atoms with Crippen molar-refractivity contribution in [3.8, 4) is 0 Å². The van der Waals surface area contributed by atoms with E-state index in [1.807, 2.05) is 30.3 Å². The minimum Gasteiger partial charge on any atom is -0.449 e. The van der Waals surface area contributed by atoms with E-state index in [0.29, 0.717) is 12.1 Å². The number of nitrogens with one attached hydrogen (secondary N) is 2. The highest BCUT2D eigenvalue weighted by molar-refractivity contribution is 7.10. The number of carbonyl (C=O) groups excluding carboxylic acids is 3. The monoisotopic (exact) mass is 386 g/mol. The van der Waals surface area contributed by atoms with Gasteiger partial charge in [0, 0.05) is 16.8 Å². The number of amides is 3. The zero-order valence-electron chi connectivity index (χ0n) is 15.1. The Balaban J connectivity index is 1.49.